The molecular weight excluding hydrogens is 304 g/mol. The third-order valence-electron chi connectivity index (χ3n) is 4.23. The van der Waals surface area contributed by atoms with Gasteiger partial charge in [0.25, 0.3) is 0 Å². The molecule has 2 aliphatic rings. The van der Waals surface area contributed by atoms with E-state index < -0.39 is 0 Å². The van der Waals surface area contributed by atoms with E-state index in [1.807, 2.05) is 6.08 Å². The molecule has 3 rings (SSSR count). The lowest BCUT2D eigenvalue weighted by molar-refractivity contribution is -0.133. The Morgan fingerprint density at radius 2 is 2.29 bits per heavy atom. The Kier molecular flexibility index (Phi) is 4.00. The van der Waals surface area contributed by atoms with Gasteiger partial charge in [-0.1, -0.05) is 29.2 Å². The smallest absolute Gasteiger partial charge is 0.229 e. The summed E-state index contributed by atoms with van der Waals surface area (Å²) in [7, 11) is 0. The summed E-state index contributed by atoms with van der Waals surface area (Å²) >= 11 is 2.95. The van der Waals surface area contributed by atoms with Gasteiger partial charge in [0.2, 0.25) is 11.0 Å². The number of thioether (sulfide) groups is 1. The highest BCUT2D eigenvalue weighted by atomic mass is 32.2. The number of anilines is 1. The van der Waals surface area contributed by atoms with E-state index in [4.69, 9.17) is 5.26 Å². The van der Waals surface area contributed by atoms with Gasteiger partial charge in [-0.2, -0.15) is 5.26 Å². The van der Waals surface area contributed by atoms with Gasteiger partial charge in [0.05, 0.1) is 6.07 Å². The minimum Gasteiger partial charge on any atom is -0.300 e. The fourth-order valence-corrected chi connectivity index (χ4v) is 4.75. The van der Waals surface area contributed by atoms with Crippen molar-refractivity contribution >= 4 is 34.1 Å². The van der Waals surface area contributed by atoms with Gasteiger partial charge in [-0.15, -0.1) is 16.8 Å². The molecule has 21 heavy (non-hydrogen) atoms. The molecule has 0 bridgehead atoms. The van der Waals surface area contributed by atoms with E-state index in [1.165, 1.54) is 11.3 Å². The normalized spacial score (nSPS) is 30.0. The molecule has 1 amide bonds. The van der Waals surface area contributed by atoms with E-state index >= 15 is 0 Å². The third-order valence-corrected chi connectivity index (χ3v) is 6.20. The van der Waals surface area contributed by atoms with Gasteiger partial charge < -0.3 is 5.32 Å². The molecule has 0 aromatic carbocycles. The van der Waals surface area contributed by atoms with Crippen LogP contribution in [-0.2, 0) is 4.79 Å². The van der Waals surface area contributed by atoms with Crippen LogP contribution in [0.5, 0.6) is 0 Å². The Bertz CT molecular complexity index is 592. The molecule has 1 spiro atoms. The quantitative estimate of drug-likeness (QED) is 0.512. The van der Waals surface area contributed by atoms with E-state index in [-0.39, 0.29) is 23.2 Å². The minimum absolute atomic E-state index is 0.0393. The molecular formula is C14H16N4OS2. The molecule has 2 aliphatic carbocycles. The number of nitriles is 1. The van der Waals surface area contributed by atoms with Gasteiger partial charge in [-0.05, 0) is 31.1 Å². The Balaban J connectivity index is 1.46. The highest BCUT2D eigenvalue weighted by Crippen LogP contribution is 2.61. The first-order chi connectivity index (χ1) is 10.1. The van der Waals surface area contributed by atoms with Crippen molar-refractivity contribution in [2.24, 2.45) is 17.3 Å². The Hall–Kier alpha value is -1.39. The number of carbonyl (C=O) groups excluding carboxylic acids is 1. The van der Waals surface area contributed by atoms with E-state index in [0.29, 0.717) is 5.13 Å². The maximum absolute atomic E-state index is 12.1. The van der Waals surface area contributed by atoms with Crippen LogP contribution in [0.3, 0.4) is 0 Å². The van der Waals surface area contributed by atoms with Crippen molar-refractivity contribution in [1.29, 1.82) is 5.26 Å². The van der Waals surface area contributed by atoms with E-state index in [1.54, 1.807) is 11.8 Å². The average molecular weight is 320 g/mol. The van der Waals surface area contributed by atoms with Crippen molar-refractivity contribution in [3.8, 4) is 6.07 Å². The fourth-order valence-electron chi connectivity index (χ4n) is 3.24. The molecule has 5 nitrogen and oxygen atoms in total. The summed E-state index contributed by atoms with van der Waals surface area (Å²) in [6.45, 7) is 3.66. The maximum atomic E-state index is 12.1. The zero-order valence-corrected chi connectivity index (χ0v) is 13.2. The second-order valence-electron chi connectivity index (χ2n) is 5.80. The number of carbonyl (C=O) groups is 1. The Labute approximate surface area is 131 Å². The molecule has 0 atom stereocenters. The predicted octanol–water partition coefficient (Wildman–Crippen LogP) is 3.08. The Morgan fingerprint density at radius 1 is 1.52 bits per heavy atom. The largest absolute Gasteiger partial charge is 0.300 e. The van der Waals surface area contributed by atoms with Crippen LogP contribution in [0.1, 0.15) is 25.7 Å². The first kappa shape index (κ1) is 14.5. The van der Waals surface area contributed by atoms with Gasteiger partial charge in [0.15, 0.2) is 4.34 Å². The SMILES string of the molecule is C=CCSc1nnc(NC(=O)C2CC3(CC(C#N)C3)C2)s1. The van der Waals surface area contributed by atoms with Crippen molar-refractivity contribution in [2.45, 2.75) is 30.0 Å². The van der Waals surface area contributed by atoms with Crippen molar-refractivity contribution < 1.29 is 4.79 Å². The molecule has 0 unspecified atom stereocenters. The number of nitrogens with one attached hydrogen (secondary N) is 1. The first-order valence-corrected chi connectivity index (χ1v) is 8.72. The lowest BCUT2D eigenvalue weighted by Gasteiger charge is -2.55. The summed E-state index contributed by atoms with van der Waals surface area (Å²) in [5, 5.41) is 20.2. The monoisotopic (exact) mass is 320 g/mol. The summed E-state index contributed by atoms with van der Waals surface area (Å²) in [4.78, 5) is 12.1. The standard InChI is InChI=1S/C14H16N4OS2/c1-2-3-20-13-18-17-12(21-13)16-11(19)10-6-14(7-10)4-9(5-14)8-15/h2,9-10H,1,3-7H2,(H,16,17,19). The van der Waals surface area contributed by atoms with E-state index in [2.05, 4.69) is 28.2 Å². The second-order valence-corrected chi connectivity index (χ2v) is 8.05. The van der Waals surface area contributed by atoms with Crippen molar-refractivity contribution in [3.05, 3.63) is 12.7 Å². The summed E-state index contributed by atoms with van der Waals surface area (Å²) in [6, 6.07) is 2.30. The first-order valence-electron chi connectivity index (χ1n) is 6.92. The van der Waals surface area contributed by atoms with Gasteiger partial charge in [0.1, 0.15) is 0 Å². The molecule has 110 valence electrons. The summed E-state index contributed by atoms with van der Waals surface area (Å²) in [5.41, 5.74) is 0.286. The Morgan fingerprint density at radius 3 is 2.95 bits per heavy atom. The molecule has 1 heterocycles. The molecule has 1 N–H and O–H groups in total. The third kappa shape index (κ3) is 2.97. The highest BCUT2D eigenvalue weighted by molar-refractivity contribution is 8.01. The average Bonchev–Trinajstić information content (AvgIpc) is 2.81. The fraction of sp³-hybridized carbons (Fsp3) is 0.571. The summed E-state index contributed by atoms with van der Waals surface area (Å²) < 4.78 is 0.839. The van der Waals surface area contributed by atoms with Crippen LogP contribution in [0, 0.1) is 28.6 Å². The summed E-state index contributed by atoms with van der Waals surface area (Å²) in [6.07, 6.45) is 5.57. The van der Waals surface area contributed by atoms with Gasteiger partial charge in [-0.3, -0.25) is 4.79 Å². The number of hydrogen-bond acceptors (Lipinski definition) is 6. The van der Waals surface area contributed by atoms with Crippen molar-refractivity contribution in [2.75, 3.05) is 11.1 Å². The number of aromatic nitrogens is 2. The van der Waals surface area contributed by atoms with Crippen LogP contribution >= 0.6 is 23.1 Å². The molecule has 0 aliphatic heterocycles. The molecule has 0 saturated heterocycles. The number of nitrogens with zero attached hydrogens (tertiary/aromatic N) is 3. The van der Waals surface area contributed by atoms with Crippen LogP contribution < -0.4 is 5.32 Å². The minimum atomic E-state index is 0.0393. The molecule has 2 fully saturated rings. The van der Waals surface area contributed by atoms with Gasteiger partial charge in [-0.25, -0.2) is 0 Å². The highest BCUT2D eigenvalue weighted by Gasteiger charge is 2.54. The maximum Gasteiger partial charge on any atom is 0.229 e. The van der Waals surface area contributed by atoms with E-state index in [9.17, 15) is 4.79 Å². The predicted molar refractivity (Wildman–Crippen MR) is 83.0 cm³/mol. The van der Waals surface area contributed by atoms with Crippen LogP contribution in [0.25, 0.3) is 0 Å². The summed E-state index contributed by atoms with van der Waals surface area (Å²) in [5.74, 6) is 1.10. The number of rotatable bonds is 5. The molecule has 1 aromatic rings. The van der Waals surface area contributed by atoms with Crippen LogP contribution in [0.4, 0.5) is 5.13 Å². The van der Waals surface area contributed by atoms with Gasteiger partial charge in [0, 0.05) is 17.6 Å². The van der Waals surface area contributed by atoms with Gasteiger partial charge >= 0.3 is 0 Å². The topological polar surface area (TPSA) is 78.7 Å². The molecule has 7 heteroatoms. The molecule has 1 aromatic heterocycles. The van der Waals surface area contributed by atoms with Crippen molar-refractivity contribution in [1.82, 2.24) is 10.2 Å². The van der Waals surface area contributed by atoms with Crippen LogP contribution in [-0.4, -0.2) is 21.9 Å². The molecule has 0 radical (unpaired) electrons. The van der Waals surface area contributed by atoms with Crippen LogP contribution in [0.15, 0.2) is 17.0 Å². The lowest BCUT2D eigenvalue weighted by Crippen LogP contribution is -2.50. The zero-order chi connectivity index (χ0) is 14.9. The molecule has 2 saturated carbocycles. The number of amides is 1. The second kappa shape index (κ2) is 5.78. The zero-order valence-electron chi connectivity index (χ0n) is 11.5. The lowest BCUT2D eigenvalue weighted by atomic mass is 9.48. The van der Waals surface area contributed by atoms with Crippen LogP contribution in [0.2, 0.25) is 0 Å². The van der Waals surface area contributed by atoms with E-state index in [0.717, 1.165) is 35.8 Å². The van der Waals surface area contributed by atoms with Crippen molar-refractivity contribution in [3.63, 3.8) is 0 Å². The number of hydrogen-bond donors (Lipinski definition) is 1.